The Labute approximate surface area is 128 Å². The smallest absolute Gasteiger partial charge is 0.339 e. The molecule has 1 heterocycles. The minimum absolute atomic E-state index is 0.311. The third-order valence-electron chi connectivity index (χ3n) is 2.61. The Morgan fingerprint density at radius 2 is 2.05 bits per heavy atom. The molecule has 0 bridgehead atoms. The van der Waals surface area contributed by atoms with Gasteiger partial charge in [0.05, 0.1) is 12.2 Å². The van der Waals surface area contributed by atoms with Gasteiger partial charge in [0, 0.05) is 12.4 Å². The van der Waals surface area contributed by atoms with Crippen LogP contribution in [-0.4, -0.2) is 17.6 Å². The molecule has 0 aliphatic rings. The number of nitrogens with zero attached hydrogens (tertiary/aromatic N) is 1. The summed E-state index contributed by atoms with van der Waals surface area (Å²) < 4.78 is 4.97. The first-order valence-electron chi connectivity index (χ1n) is 7.57. The van der Waals surface area contributed by atoms with Crippen LogP contribution in [0.15, 0.2) is 42.8 Å². The van der Waals surface area contributed by atoms with Crippen LogP contribution in [0.2, 0.25) is 0 Å². The molecule has 1 aromatic rings. The molecule has 0 radical (unpaired) electrons. The SMILES string of the molecule is C/C=C\C=C/C(C)Cc1cncc(C(=O)OCC)c1.CC. The maximum absolute atomic E-state index is 11.6. The Kier molecular flexibility index (Phi) is 10.8. The molecule has 1 rings (SSSR count). The van der Waals surface area contributed by atoms with Crippen LogP contribution >= 0.6 is 0 Å². The van der Waals surface area contributed by atoms with Gasteiger partial charge in [0.1, 0.15) is 0 Å². The fourth-order valence-electron chi connectivity index (χ4n) is 1.73. The van der Waals surface area contributed by atoms with Crippen LogP contribution in [-0.2, 0) is 11.2 Å². The van der Waals surface area contributed by atoms with Crippen LogP contribution < -0.4 is 0 Å². The number of allylic oxidation sites excluding steroid dienone is 4. The van der Waals surface area contributed by atoms with E-state index >= 15 is 0 Å². The van der Waals surface area contributed by atoms with Gasteiger partial charge < -0.3 is 4.74 Å². The fourth-order valence-corrected chi connectivity index (χ4v) is 1.73. The van der Waals surface area contributed by atoms with Crippen molar-refractivity contribution >= 4 is 5.97 Å². The second-order valence-electron chi connectivity index (χ2n) is 4.39. The number of hydrogen-bond acceptors (Lipinski definition) is 3. The average Bonchev–Trinajstić information content (AvgIpc) is 2.50. The van der Waals surface area contributed by atoms with Gasteiger partial charge in [-0.1, -0.05) is 45.1 Å². The molecule has 0 spiro atoms. The zero-order valence-corrected chi connectivity index (χ0v) is 13.8. The maximum atomic E-state index is 11.6. The van der Waals surface area contributed by atoms with E-state index in [4.69, 9.17) is 4.74 Å². The highest BCUT2D eigenvalue weighted by Gasteiger charge is 2.08. The number of hydrogen-bond donors (Lipinski definition) is 0. The van der Waals surface area contributed by atoms with Crippen molar-refractivity contribution in [1.29, 1.82) is 0 Å². The van der Waals surface area contributed by atoms with Crippen molar-refractivity contribution in [2.24, 2.45) is 5.92 Å². The lowest BCUT2D eigenvalue weighted by molar-refractivity contribution is 0.0525. The Morgan fingerprint density at radius 3 is 2.67 bits per heavy atom. The van der Waals surface area contributed by atoms with Gasteiger partial charge in [-0.25, -0.2) is 4.79 Å². The lowest BCUT2D eigenvalue weighted by Gasteiger charge is -2.07. The lowest BCUT2D eigenvalue weighted by Crippen LogP contribution is -2.06. The standard InChI is InChI=1S/C16H21NO2.C2H6/c1-4-6-7-8-13(3)9-14-10-15(12-17-11-14)16(18)19-5-2;1-2/h4,6-8,10-13H,5,9H2,1-3H3;1-2H3/b6-4-,8-7-;. The quantitative estimate of drug-likeness (QED) is 0.567. The van der Waals surface area contributed by atoms with E-state index < -0.39 is 0 Å². The van der Waals surface area contributed by atoms with E-state index in [-0.39, 0.29) is 5.97 Å². The van der Waals surface area contributed by atoms with Crippen molar-refractivity contribution in [1.82, 2.24) is 4.98 Å². The van der Waals surface area contributed by atoms with Crippen molar-refractivity contribution in [3.8, 4) is 0 Å². The summed E-state index contributed by atoms with van der Waals surface area (Å²) in [6.45, 7) is 10.3. The predicted molar refractivity (Wildman–Crippen MR) is 88.4 cm³/mol. The number of rotatable bonds is 6. The zero-order valence-electron chi connectivity index (χ0n) is 13.8. The molecule has 0 amide bonds. The van der Waals surface area contributed by atoms with Crippen LogP contribution in [0.3, 0.4) is 0 Å². The first-order chi connectivity index (χ1) is 10.2. The molecule has 3 nitrogen and oxygen atoms in total. The third-order valence-corrected chi connectivity index (χ3v) is 2.61. The Hall–Kier alpha value is -1.90. The average molecular weight is 289 g/mol. The Balaban J connectivity index is 0.00000191. The first kappa shape index (κ1) is 19.1. The third kappa shape index (κ3) is 8.08. The van der Waals surface area contributed by atoms with Crippen LogP contribution in [0.25, 0.3) is 0 Å². The summed E-state index contributed by atoms with van der Waals surface area (Å²) >= 11 is 0. The molecule has 0 aromatic carbocycles. The van der Waals surface area contributed by atoms with Gasteiger partial charge in [0.15, 0.2) is 0 Å². The van der Waals surface area contributed by atoms with Crippen LogP contribution in [0.1, 0.15) is 50.5 Å². The molecule has 0 saturated heterocycles. The minimum atomic E-state index is -0.311. The largest absolute Gasteiger partial charge is 0.462 e. The summed E-state index contributed by atoms with van der Waals surface area (Å²) in [5.41, 5.74) is 1.56. The van der Waals surface area contributed by atoms with Crippen molar-refractivity contribution in [2.45, 2.75) is 41.0 Å². The van der Waals surface area contributed by atoms with E-state index in [0.29, 0.717) is 18.1 Å². The number of carbonyl (C=O) groups excluding carboxylic acids is 1. The molecule has 1 aromatic heterocycles. The maximum Gasteiger partial charge on any atom is 0.339 e. The molecule has 3 heteroatoms. The van der Waals surface area contributed by atoms with Gasteiger partial charge in [-0.05, 0) is 37.8 Å². The molecular formula is C18H27NO2. The zero-order chi connectivity index (χ0) is 16.1. The van der Waals surface area contributed by atoms with Crippen LogP contribution in [0, 0.1) is 5.92 Å². The molecule has 116 valence electrons. The van der Waals surface area contributed by atoms with Gasteiger partial charge in [-0.2, -0.15) is 0 Å². The molecule has 0 fully saturated rings. The molecule has 0 N–H and O–H groups in total. The lowest BCUT2D eigenvalue weighted by atomic mass is 10.0. The monoisotopic (exact) mass is 289 g/mol. The molecule has 21 heavy (non-hydrogen) atoms. The summed E-state index contributed by atoms with van der Waals surface area (Å²) in [6.07, 6.45) is 12.4. The molecule has 0 aliphatic carbocycles. The van der Waals surface area contributed by atoms with Crippen molar-refractivity contribution in [3.63, 3.8) is 0 Å². The predicted octanol–water partition coefficient (Wildman–Crippen LogP) is 4.60. The van der Waals surface area contributed by atoms with Gasteiger partial charge in [-0.15, -0.1) is 0 Å². The van der Waals surface area contributed by atoms with Crippen molar-refractivity contribution in [2.75, 3.05) is 6.61 Å². The van der Waals surface area contributed by atoms with E-state index in [0.717, 1.165) is 12.0 Å². The summed E-state index contributed by atoms with van der Waals surface area (Å²) in [6, 6.07) is 1.85. The molecule has 0 saturated carbocycles. The van der Waals surface area contributed by atoms with E-state index in [1.54, 1.807) is 19.3 Å². The first-order valence-corrected chi connectivity index (χ1v) is 7.57. The Bertz CT molecular complexity index is 464. The molecule has 1 unspecified atom stereocenters. The Morgan fingerprint density at radius 1 is 1.33 bits per heavy atom. The number of ether oxygens (including phenoxy) is 1. The summed E-state index contributed by atoms with van der Waals surface area (Å²) in [7, 11) is 0. The highest BCUT2D eigenvalue weighted by Crippen LogP contribution is 2.11. The fraction of sp³-hybridized carbons (Fsp3) is 0.444. The highest BCUT2D eigenvalue weighted by molar-refractivity contribution is 5.89. The second kappa shape index (κ2) is 11.9. The number of pyridine rings is 1. The van der Waals surface area contributed by atoms with E-state index in [9.17, 15) is 4.79 Å². The second-order valence-corrected chi connectivity index (χ2v) is 4.39. The van der Waals surface area contributed by atoms with Crippen molar-refractivity contribution < 1.29 is 9.53 Å². The van der Waals surface area contributed by atoms with Gasteiger partial charge >= 0.3 is 5.97 Å². The van der Waals surface area contributed by atoms with E-state index in [1.165, 1.54) is 0 Å². The minimum Gasteiger partial charge on any atom is -0.462 e. The van der Waals surface area contributed by atoms with E-state index in [2.05, 4.69) is 18.0 Å². The van der Waals surface area contributed by atoms with Crippen molar-refractivity contribution in [3.05, 3.63) is 53.9 Å². The van der Waals surface area contributed by atoms with E-state index in [1.807, 2.05) is 45.1 Å². The normalized spacial score (nSPS) is 12.0. The summed E-state index contributed by atoms with van der Waals surface area (Å²) in [5.74, 6) is 0.0874. The molecule has 0 aliphatic heterocycles. The topological polar surface area (TPSA) is 39.2 Å². The summed E-state index contributed by atoms with van der Waals surface area (Å²) in [4.78, 5) is 15.7. The highest BCUT2D eigenvalue weighted by atomic mass is 16.5. The number of esters is 1. The number of aromatic nitrogens is 1. The molecular weight excluding hydrogens is 262 g/mol. The van der Waals surface area contributed by atoms with Crippen LogP contribution in [0.4, 0.5) is 0 Å². The van der Waals surface area contributed by atoms with Gasteiger partial charge in [-0.3, -0.25) is 4.98 Å². The van der Waals surface area contributed by atoms with Gasteiger partial charge in [0.25, 0.3) is 0 Å². The number of carbonyl (C=O) groups is 1. The van der Waals surface area contributed by atoms with Crippen LogP contribution in [0.5, 0.6) is 0 Å². The molecule has 1 atom stereocenters. The summed E-state index contributed by atoms with van der Waals surface area (Å²) in [5, 5.41) is 0. The van der Waals surface area contributed by atoms with Gasteiger partial charge in [0.2, 0.25) is 0 Å².